The molecule has 4 nitrogen and oxygen atoms in total. The maximum atomic E-state index is 12.6. The van der Waals surface area contributed by atoms with Crippen molar-refractivity contribution in [2.45, 2.75) is 20.0 Å². The second-order valence-corrected chi connectivity index (χ2v) is 4.21. The topological polar surface area (TPSA) is 42.7 Å². The number of nitrogens with zero attached hydrogens (tertiary/aromatic N) is 3. The molecule has 0 amide bonds. The molecule has 2 rings (SSSR count). The number of aryl methyl sites for hydroxylation is 2. The van der Waals surface area contributed by atoms with Crippen LogP contribution in [0.1, 0.15) is 17.0 Å². The molecule has 0 bridgehead atoms. The van der Waals surface area contributed by atoms with Gasteiger partial charge in [-0.2, -0.15) is 22.8 Å². The Balaban J connectivity index is 2.58. The molecule has 19 heavy (non-hydrogen) atoms. The maximum Gasteiger partial charge on any atom is 0.453 e. The summed E-state index contributed by atoms with van der Waals surface area (Å²) in [7, 11) is 1.50. The molecule has 0 radical (unpaired) electrons. The number of benzene rings is 1. The van der Waals surface area contributed by atoms with E-state index in [1.54, 1.807) is 6.07 Å². The highest BCUT2D eigenvalue weighted by molar-refractivity contribution is 5.46. The standard InChI is InChI=1S/C12H13F3N4/c1-7-4-5-9(8(2)6-7)19-11(16-3)17-10(18-19)12(13,14)15/h4-6H,1-3H3,(H,16,17,18). The van der Waals surface area contributed by atoms with Crippen molar-refractivity contribution in [1.82, 2.24) is 14.8 Å². The van der Waals surface area contributed by atoms with Gasteiger partial charge in [-0.3, -0.25) is 0 Å². The Hall–Kier alpha value is -2.05. The number of hydrogen-bond acceptors (Lipinski definition) is 3. The monoisotopic (exact) mass is 270 g/mol. The van der Waals surface area contributed by atoms with Crippen LogP contribution in [0.25, 0.3) is 5.69 Å². The normalized spacial score (nSPS) is 11.7. The molecular formula is C12H13F3N4. The van der Waals surface area contributed by atoms with E-state index in [1.165, 1.54) is 7.05 Å². The van der Waals surface area contributed by atoms with Crippen molar-refractivity contribution >= 4 is 5.95 Å². The lowest BCUT2D eigenvalue weighted by atomic mass is 10.1. The van der Waals surface area contributed by atoms with Crippen LogP contribution in [0, 0.1) is 13.8 Å². The Labute approximate surface area is 108 Å². The van der Waals surface area contributed by atoms with Gasteiger partial charge in [0.1, 0.15) is 0 Å². The number of halogens is 3. The summed E-state index contributed by atoms with van der Waals surface area (Å²) in [5.74, 6) is -1.10. The minimum atomic E-state index is -4.56. The van der Waals surface area contributed by atoms with Crippen LogP contribution in [0.4, 0.5) is 19.1 Å². The van der Waals surface area contributed by atoms with Gasteiger partial charge in [0.05, 0.1) is 5.69 Å². The predicted octanol–water partition coefficient (Wildman–Crippen LogP) is 2.94. The summed E-state index contributed by atoms with van der Waals surface area (Å²) < 4.78 is 39.1. The van der Waals surface area contributed by atoms with Gasteiger partial charge in [0, 0.05) is 7.05 Å². The molecule has 0 aliphatic rings. The van der Waals surface area contributed by atoms with E-state index in [0.717, 1.165) is 15.8 Å². The number of nitrogens with one attached hydrogen (secondary N) is 1. The first-order valence-corrected chi connectivity index (χ1v) is 5.62. The molecule has 0 spiro atoms. The molecule has 0 saturated heterocycles. The summed E-state index contributed by atoms with van der Waals surface area (Å²) >= 11 is 0. The minimum absolute atomic E-state index is 0.0549. The van der Waals surface area contributed by atoms with Crippen LogP contribution in [-0.2, 0) is 6.18 Å². The Morgan fingerprint density at radius 1 is 1.21 bits per heavy atom. The molecular weight excluding hydrogens is 257 g/mol. The van der Waals surface area contributed by atoms with E-state index in [-0.39, 0.29) is 5.95 Å². The lowest BCUT2D eigenvalue weighted by Crippen LogP contribution is -2.09. The first-order chi connectivity index (χ1) is 8.82. The summed E-state index contributed by atoms with van der Waals surface area (Å²) in [6.45, 7) is 3.73. The Kier molecular flexibility index (Phi) is 3.21. The van der Waals surface area contributed by atoms with Gasteiger partial charge in [-0.25, -0.2) is 0 Å². The van der Waals surface area contributed by atoms with Crippen LogP contribution in [0.2, 0.25) is 0 Å². The van der Waals surface area contributed by atoms with Crippen molar-refractivity contribution in [2.24, 2.45) is 0 Å². The molecule has 0 atom stereocenters. The van der Waals surface area contributed by atoms with Gasteiger partial charge in [-0.05, 0) is 25.5 Å². The highest BCUT2D eigenvalue weighted by atomic mass is 19.4. The van der Waals surface area contributed by atoms with Crippen LogP contribution >= 0.6 is 0 Å². The SMILES string of the molecule is CNc1nc(C(F)(F)F)nn1-c1ccc(C)cc1C. The quantitative estimate of drug-likeness (QED) is 0.912. The van der Waals surface area contributed by atoms with E-state index in [4.69, 9.17) is 0 Å². The molecule has 0 aliphatic carbocycles. The van der Waals surface area contributed by atoms with E-state index < -0.39 is 12.0 Å². The zero-order chi connectivity index (χ0) is 14.2. The van der Waals surface area contributed by atoms with Gasteiger partial charge in [-0.1, -0.05) is 17.7 Å². The van der Waals surface area contributed by atoms with Crippen LogP contribution in [-0.4, -0.2) is 21.8 Å². The van der Waals surface area contributed by atoms with Crippen LogP contribution < -0.4 is 5.32 Å². The molecule has 102 valence electrons. The van der Waals surface area contributed by atoms with Crippen LogP contribution in [0.3, 0.4) is 0 Å². The van der Waals surface area contributed by atoms with Crippen molar-refractivity contribution in [3.8, 4) is 5.69 Å². The molecule has 1 heterocycles. The second-order valence-electron chi connectivity index (χ2n) is 4.21. The summed E-state index contributed by atoms with van der Waals surface area (Å²) in [6, 6.07) is 5.42. The van der Waals surface area contributed by atoms with Crippen LogP contribution in [0.15, 0.2) is 18.2 Å². The number of rotatable bonds is 2. The molecule has 2 aromatic rings. The van der Waals surface area contributed by atoms with E-state index in [1.807, 2.05) is 26.0 Å². The Morgan fingerprint density at radius 2 is 1.89 bits per heavy atom. The van der Waals surface area contributed by atoms with E-state index in [9.17, 15) is 13.2 Å². The maximum absolute atomic E-state index is 12.6. The third kappa shape index (κ3) is 2.54. The van der Waals surface area contributed by atoms with Crippen molar-refractivity contribution in [2.75, 3.05) is 12.4 Å². The average Bonchev–Trinajstić information content (AvgIpc) is 2.72. The summed E-state index contributed by atoms with van der Waals surface area (Å²) in [6.07, 6.45) is -4.56. The van der Waals surface area contributed by atoms with Gasteiger partial charge in [0.25, 0.3) is 5.82 Å². The van der Waals surface area contributed by atoms with Crippen molar-refractivity contribution in [3.05, 3.63) is 35.2 Å². The minimum Gasteiger partial charge on any atom is -0.357 e. The van der Waals surface area contributed by atoms with Gasteiger partial charge in [-0.15, -0.1) is 5.10 Å². The van der Waals surface area contributed by atoms with E-state index in [0.29, 0.717) is 5.69 Å². The number of aromatic nitrogens is 3. The Bertz CT molecular complexity index is 602. The van der Waals surface area contributed by atoms with Gasteiger partial charge >= 0.3 is 6.18 Å². The fourth-order valence-electron chi connectivity index (χ4n) is 1.80. The highest BCUT2D eigenvalue weighted by Gasteiger charge is 2.37. The second kappa shape index (κ2) is 4.56. The molecule has 7 heteroatoms. The Morgan fingerprint density at radius 3 is 2.42 bits per heavy atom. The molecule has 1 aromatic carbocycles. The number of alkyl halides is 3. The van der Waals surface area contributed by atoms with E-state index >= 15 is 0 Å². The zero-order valence-corrected chi connectivity index (χ0v) is 10.7. The fraction of sp³-hybridized carbons (Fsp3) is 0.333. The zero-order valence-electron chi connectivity index (χ0n) is 10.7. The van der Waals surface area contributed by atoms with Crippen molar-refractivity contribution in [3.63, 3.8) is 0 Å². The smallest absolute Gasteiger partial charge is 0.357 e. The van der Waals surface area contributed by atoms with Crippen molar-refractivity contribution < 1.29 is 13.2 Å². The predicted molar refractivity (Wildman–Crippen MR) is 65.4 cm³/mol. The van der Waals surface area contributed by atoms with Crippen LogP contribution in [0.5, 0.6) is 0 Å². The van der Waals surface area contributed by atoms with Crippen molar-refractivity contribution in [1.29, 1.82) is 0 Å². The summed E-state index contributed by atoms with van der Waals surface area (Å²) in [5, 5.41) is 6.15. The summed E-state index contributed by atoms with van der Waals surface area (Å²) in [5.41, 5.74) is 2.43. The molecule has 0 saturated carbocycles. The van der Waals surface area contributed by atoms with Gasteiger partial charge in [0.15, 0.2) is 0 Å². The lowest BCUT2D eigenvalue weighted by molar-refractivity contribution is -0.144. The lowest BCUT2D eigenvalue weighted by Gasteiger charge is -2.08. The number of anilines is 1. The average molecular weight is 270 g/mol. The first-order valence-electron chi connectivity index (χ1n) is 5.62. The van der Waals surface area contributed by atoms with Gasteiger partial charge < -0.3 is 5.32 Å². The third-order valence-electron chi connectivity index (χ3n) is 2.66. The molecule has 1 aromatic heterocycles. The van der Waals surface area contributed by atoms with E-state index in [2.05, 4.69) is 15.4 Å². The third-order valence-corrected chi connectivity index (χ3v) is 2.66. The molecule has 0 fully saturated rings. The first kappa shape index (κ1) is 13.4. The summed E-state index contributed by atoms with van der Waals surface area (Å²) in [4.78, 5) is 3.46. The molecule has 1 N–H and O–H groups in total. The fourth-order valence-corrected chi connectivity index (χ4v) is 1.80. The largest absolute Gasteiger partial charge is 0.453 e. The number of hydrogen-bond donors (Lipinski definition) is 1. The molecule has 0 aliphatic heterocycles. The molecule has 0 unspecified atom stereocenters. The highest BCUT2D eigenvalue weighted by Crippen LogP contribution is 2.29. The van der Waals surface area contributed by atoms with Gasteiger partial charge in [0.2, 0.25) is 5.95 Å².